The zero-order chi connectivity index (χ0) is 16.8. The first kappa shape index (κ1) is 16.1. The first-order valence-electron chi connectivity index (χ1n) is 7.67. The molecule has 5 nitrogen and oxygen atoms in total. The molecular weight excluding hydrogens is 412 g/mol. The molecule has 1 aliphatic rings. The van der Waals surface area contributed by atoms with Gasteiger partial charge in [-0.2, -0.15) is 4.52 Å². The van der Waals surface area contributed by atoms with E-state index in [9.17, 15) is 4.79 Å². The summed E-state index contributed by atoms with van der Waals surface area (Å²) in [5, 5.41) is 6.03. The minimum atomic E-state index is -0.127. The number of aromatic nitrogens is 3. The Morgan fingerprint density at radius 1 is 1.38 bits per heavy atom. The van der Waals surface area contributed by atoms with Crippen LogP contribution in [-0.2, 0) is 19.4 Å². The van der Waals surface area contributed by atoms with Crippen LogP contribution in [0.4, 0.5) is 5.13 Å². The van der Waals surface area contributed by atoms with Crippen molar-refractivity contribution in [2.45, 2.75) is 26.3 Å². The Hall–Kier alpha value is -1.44. The standard InChI is InChI=1S/C16H14BrClN4OS/c1-2-9-7-14(23)22-15(19-9)24-16(20-22)21-6-5-10-11(8-21)13(18)4-3-12(10)17/h3-4,7H,2,5-6,8H2,1H3. The predicted molar refractivity (Wildman–Crippen MR) is 100 cm³/mol. The molecule has 0 N–H and O–H groups in total. The minimum absolute atomic E-state index is 0.127. The summed E-state index contributed by atoms with van der Waals surface area (Å²) in [6.07, 6.45) is 1.62. The number of aryl methyl sites for hydroxylation is 1. The molecule has 8 heteroatoms. The molecule has 0 bridgehead atoms. The van der Waals surface area contributed by atoms with E-state index in [1.807, 2.05) is 19.1 Å². The molecule has 3 aromatic rings. The van der Waals surface area contributed by atoms with E-state index < -0.39 is 0 Å². The Bertz CT molecular complexity index is 1000. The zero-order valence-corrected chi connectivity index (χ0v) is 16.1. The molecular formula is C16H14BrClN4OS. The van der Waals surface area contributed by atoms with E-state index in [0.717, 1.165) is 45.3 Å². The molecule has 24 heavy (non-hydrogen) atoms. The molecule has 0 atom stereocenters. The Morgan fingerprint density at radius 2 is 2.21 bits per heavy atom. The number of fused-ring (bicyclic) bond motifs is 2. The molecule has 0 spiro atoms. The third kappa shape index (κ3) is 2.64. The molecule has 0 aliphatic carbocycles. The molecule has 2 aromatic heterocycles. The van der Waals surface area contributed by atoms with Crippen LogP contribution in [-0.4, -0.2) is 21.1 Å². The zero-order valence-electron chi connectivity index (χ0n) is 12.9. The summed E-state index contributed by atoms with van der Waals surface area (Å²) in [4.78, 5) is 19.5. The summed E-state index contributed by atoms with van der Waals surface area (Å²) in [6, 6.07) is 5.45. The Balaban J connectivity index is 1.75. The van der Waals surface area contributed by atoms with Crippen molar-refractivity contribution < 1.29 is 0 Å². The summed E-state index contributed by atoms with van der Waals surface area (Å²) in [5.41, 5.74) is 3.04. The van der Waals surface area contributed by atoms with Gasteiger partial charge in [0.15, 0.2) is 0 Å². The van der Waals surface area contributed by atoms with E-state index in [1.54, 1.807) is 6.07 Å². The molecule has 0 unspecified atom stereocenters. The van der Waals surface area contributed by atoms with Crippen LogP contribution in [0.25, 0.3) is 4.96 Å². The van der Waals surface area contributed by atoms with Gasteiger partial charge in [0.25, 0.3) is 5.56 Å². The molecule has 1 aromatic carbocycles. The molecule has 3 heterocycles. The smallest absolute Gasteiger partial charge is 0.275 e. The van der Waals surface area contributed by atoms with Crippen LogP contribution in [0.2, 0.25) is 5.02 Å². The highest BCUT2D eigenvalue weighted by Crippen LogP contribution is 2.34. The van der Waals surface area contributed by atoms with Crippen LogP contribution in [0.5, 0.6) is 0 Å². The highest BCUT2D eigenvalue weighted by Gasteiger charge is 2.23. The van der Waals surface area contributed by atoms with Crippen LogP contribution >= 0.6 is 38.9 Å². The number of hydrogen-bond donors (Lipinski definition) is 0. The average molecular weight is 426 g/mol. The third-order valence-electron chi connectivity index (χ3n) is 4.22. The monoisotopic (exact) mass is 424 g/mol. The van der Waals surface area contributed by atoms with Gasteiger partial charge in [-0.05, 0) is 36.1 Å². The van der Waals surface area contributed by atoms with Crippen molar-refractivity contribution in [2.24, 2.45) is 0 Å². The summed E-state index contributed by atoms with van der Waals surface area (Å²) in [6.45, 7) is 3.51. The summed E-state index contributed by atoms with van der Waals surface area (Å²) in [5.74, 6) is 0. The number of nitrogens with zero attached hydrogens (tertiary/aromatic N) is 4. The fourth-order valence-electron chi connectivity index (χ4n) is 2.91. The predicted octanol–water partition coefficient (Wildman–Crippen LogP) is 3.69. The van der Waals surface area contributed by atoms with Crippen LogP contribution in [0, 0.1) is 0 Å². The van der Waals surface area contributed by atoms with E-state index in [1.165, 1.54) is 21.4 Å². The maximum atomic E-state index is 12.2. The van der Waals surface area contributed by atoms with Gasteiger partial charge in [-0.1, -0.05) is 45.8 Å². The molecule has 0 radical (unpaired) electrons. The van der Waals surface area contributed by atoms with Gasteiger partial charge in [-0.15, -0.1) is 5.10 Å². The van der Waals surface area contributed by atoms with E-state index in [-0.39, 0.29) is 5.56 Å². The van der Waals surface area contributed by atoms with E-state index in [4.69, 9.17) is 11.6 Å². The lowest BCUT2D eigenvalue weighted by atomic mass is 10.0. The highest BCUT2D eigenvalue weighted by atomic mass is 79.9. The lowest BCUT2D eigenvalue weighted by Crippen LogP contribution is -2.31. The van der Waals surface area contributed by atoms with Gasteiger partial charge in [0.1, 0.15) is 0 Å². The molecule has 0 saturated carbocycles. The van der Waals surface area contributed by atoms with Crippen LogP contribution < -0.4 is 10.5 Å². The lowest BCUT2D eigenvalue weighted by Gasteiger charge is -2.29. The van der Waals surface area contributed by atoms with E-state index in [2.05, 4.69) is 30.9 Å². The van der Waals surface area contributed by atoms with Gasteiger partial charge in [0, 0.05) is 34.3 Å². The fraction of sp³-hybridized carbons (Fsp3) is 0.312. The van der Waals surface area contributed by atoms with Crippen molar-refractivity contribution in [3.8, 4) is 0 Å². The number of rotatable bonds is 2. The molecule has 0 fully saturated rings. The van der Waals surface area contributed by atoms with Gasteiger partial charge >= 0.3 is 0 Å². The third-order valence-corrected chi connectivity index (χ3v) is 6.28. The number of hydrogen-bond acceptors (Lipinski definition) is 5. The van der Waals surface area contributed by atoms with Crippen LogP contribution in [0.3, 0.4) is 0 Å². The van der Waals surface area contributed by atoms with Crippen molar-refractivity contribution in [3.05, 3.63) is 54.9 Å². The molecule has 0 amide bonds. The summed E-state index contributed by atoms with van der Waals surface area (Å²) >= 11 is 11.4. The molecule has 1 aliphatic heterocycles. The number of anilines is 1. The topological polar surface area (TPSA) is 50.5 Å². The Labute approximate surface area is 156 Å². The van der Waals surface area contributed by atoms with Gasteiger partial charge in [-0.25, -0.2) is 4.98 Å². The van der Waals surface area contributed by atoms with Gasteiger partial charge < -0.3 is 4.90 Å². The van der Waals surface area contributed by atoms with Crippen molar-refractivity contribution in [3.63, 3.8) is 0 Å². The van der Waals surface area contributed by atoms with Gasteiger partial charge in [0.2, 0.25) is 10.1 Å². The lowest BCUT2D eigenvalue weighted by molar-refractivity contribution is 0.714. The highest BCUT2D eigenvalue weighted by molar-refractivity contribution is 9.10. The summed E-state index contributed by atoms with van der Waals surface area (Å²) in [7, 11) is 0. The van der Waals surface area contributed by atoms with Crippen LogP contribution in [0.15, 0.2) is 27.5 Å². The van der Waals surface area contributed by atoms with Gasteiger partial charge in [-0.3, -0.25) is 4.79 Å². The van der Waals surface area contributed by atoms with Crippen molar-refractivity contribution >= 4 is 49.0 Å². The van der Waals surface area contributed by atoms with E-state index >= 15 is 0 Å². The second-order valence-corrected chi connectivity index (χ2v) is 7.87. The van der Waals surface area contributed by atoms with Crippen LogP contribution in [0.1, 0.15) is 23.7 Å². The minimum Gasteiger partial charge on any atom is -0.342 e. The van der Waals surface area contributed by atoms with Crippen molar-refractivity contribution in [2.75, 3.05) is 11.4 Å². The Morgan fingerprint density at radius 3 is 3.00 bits per heavy atom. The normalized spacial score (nSPS) is 14.2. The maximum Gasteiger partial charge on any atom is 0.275 e. The van der Waals surface area contributed by atoms with Crippen molar-refractivity contribution in [1.82, 2.24) is 14.6 Å². The quantitative estimate of drug-likeness (QED) is 0.628. The Kier molecular flexibility index (Phi) is 4.10. The van der Waals surface area contributed by atoms with E-state index in [0.29, 0.717) is 11.5 Å². The summed E-state index contributed by atoms with van der Waals surface area (Å²) < 4.78 is 2.48. The SMILES string of the molecule is CCc1cc(=O)n2nc(N3CCc4c(Br)ccc(Cl)c4C3)sc2n1. The molecule has 124 valence electrons. The number of benzene rings is 1. The van der Waals surface area contributed by atoms with Gasteiger partial charge in [0.05, 0.1) is 0 Å². The number of halogens is 2. The second kappa shape index (κ2) is 6.13. The fourth-order valence-corrected chi connectivity index (χ4v) is 4.67. The molecule has 4 rings (SSSR count). The maximum absolute atomic E-state index is 12.2. The largest absolute Gasteiger partial charge is 0.342 e. The average Bonchev–Trinajstić information content (AvgIpc) is 3.02. The second-order valence-electron chi connectivity index (χ2n) is 5.68. The molecule has 0 saturated heterocycles. The first-order chi connectivity index (χ1) is 11.6. The first-order valence-corrected chi connectivity index (χ1v) is 9.66. The van der Waals surface area contributed by atoms with Crippen molar-refractivity contribution in [1.29, 1.82) is 0 Å².